The maximum atomic E-state index is 4.87. The largest absolute Gasteiger partial charge is 0.294 e. The van der Waals surface area contributed by atoms with Gasteiger partial charge in [0.05, 0.1) is 16.9 Å². The zero-order valence-electron chi connectivity index (χ0n) is 12.0. The predicted molar refractivity (Wildman–Crippen MR) is 89.2 cm³/mol. The van der Waals surface area contributed by atoms with Crippen molar-refractivity contribution in [1.29, 1.82) is 0 Å². The molecule has 2 nitrogen and oxygen atoms in total. The van der Waals surface area contributed by atoms with Gasteiger partial charge in [-0.3, -0.25) is 4.40 Å². The zero-order chi connectivity index (χ0) is 14.1. The molecule has 3 heteroatoms. The number of rotatable bonds is 0. The first kappa shape index (κ1) is 11.6. The van der Waals surface area contributed by atoms with E-state index in [-0.39, 0.29) is 0 Å². The van der Waals surface area contributed by atoms with E-state index in [0.29, 0.717) is 0 Å². The average Bonchev–Trinajstić information content (AvgIpc) is 2.85. The van der Waals surface area contributed by atoms with Crippen LogP contribution in [-0.2, 0) is 5.75 Å². The van der Waals surface area contributed by atoms with E-state index in [1.54, 1.807) is 0 Å². The monoisotopic (exact) mass is 290 g/mol. The van der Waals surface area contributed by atoms with Crippen molar-refractivity contribution in [1.82, 2.24) is 9.38 Å². The van der Waals surface area contributed by atoms with Gasteiger partial charge in [-0.2, -0.15) is 0 Å². The van der Waals surface area contributed by atoms with E-state index >= 15 is 0 Å². The summed E-state index contributed by atoms with van der Waals surface area (Å²) in [6.07, 6.45) is 0. The summed E-state index contributed by atoms with van der Waals surface area (Å²) in [4.78, 5) is 6.25. The molecule has 0 aliphatic carbocycles. The van der Waals surface area contributed by atoms with Crippen LogP contribution in [-0.4, -0.2) is 9.38 Å². The van der Waals surface area contributed by atoms with Crippen molar-refractivity contribution in [3.05, 3.63) is 53.3 Å². The number of nitrogens with zero attached hydrogens (tertiary/aromatic N) is 2. The minimum atomic E-state index is 1.01. The molecule has 4 aromatic rings. The van der Waals surface area contributed by atoms with Crippen molar-refractivity contribution in [2.75, 3.05) is 0 Å². The maximum Gasteiger partial charge on any atom is 0.145 e. The molecule has 0 amide bonds. The van der Waals surface area contributed by atoms with E-state index in [1.807, 2.05) is 11.8 Å². The molecule has 0 N–H and O–H groups in total. The number of aryl methyl sites for hydroxylation is 2. The first-order valence-corrected chi connectivity index (χ1v) is 8.19. The number of hydrogen-bond donors (Lipinski definition) is 0. The van der Waals surface area contributed by atoms with Crippen LogP contribution < -0.4 is 0 Å². The Morgan fingerprint density at radius 1 is 1.05 bits per heavy atom. The average molecular weight is 290 g/mol. The van der Waals surface area contributed by atoms with E-state index in [0.717, 1.165) is 17.1 Å². The van der Waals surface area contributed by atoms with E-state index in [9.17, 15) is 0 Å². The predicted octanol–water partition coefficient (Wildman–Crippen LogP) is 4.86. The number of imidazole rings is 1. The van der Waals surface area contributed by atoms with Crippen molar-refractivity contribution in [2.45, 2.75) is 24.5 Å². The normalized spacial score (nSPS) is 13.8. The standard InChI is InChI=1S/C18H14N2S/c1-10-7-8-15-17-16(10)12-5-3-4-6-13(12)18-19-11(2)14(9-21-15)20(17)18/h3-8H,9H2,1-2H3. The molecule has 3 heterocycles. The highest BCUT2D eigenvalue weighted by molar-refractivity contribution is 7.98. The topological polar surface area (TPSA) is 17.3 Å². The Labute approximate surface area is 126 Å². The molecule has 5 rings (SSSR count). The molecule has 21 heavy (non-hydrogen) atoms. The van der Waals surface area contributed by atoms with Crippen molar-refractivity contribution in [3.8, 4) is 0 Å². The third kappa shape index (κ3) is 1.32. The fourth-order valence-electron chi connectivity index (χ4n) is 3.55. The summed E-state index contributed by atoms with van der Waals surface area (Å²) in [5, 5.41) is 3.95. The lowest BCUT2D eigenvalue weighted by Gasteiger charge is -2.19. The third-order valence-electron chi connectivity index (χ3n) is 4.55. The van der Waals surface area contributed by atoms with Gasteiger partial charge in [0, 0.05) is 21.4 Å². The summed E-state index contributed by atoms with van der Waals surface area (Å²) in [7, 11) is 0. The van der Waals surface area contributed by atoms with Crippen LogP contribution in [0.2, 0.25) is 0 Å². The highest BCUT2D eigenvalue weighted by Crippen LogP contribution is 2.42. The van der Waals surface area contributed by atoms with Gasteiger partial charge in [0.15, 0.2) is 0 Å². The maximum absolute atomic E-state index is 4.87. The molecular weight excluding hydrogens is 276 g/mol. The van der Waals surface area contributed by atoms with Gasteiger partial charge in [0.2, 0.25) is 0 Å². The lowest BCUT2D eigenvalue weighted by atomic mass is 10.0. The summed E-state index contributed by atoms with van der Waals surface area (Å²) < 4.78 is 2.39. The number of hydrogen-bond acceptors (Lipinski definition) is 2. The lowest BCUT2D eigenvalue weighted by Crippen LogP contribution is -2.03. The highest BCUT2D eigenvalue weighted by atomic mass is 32.2. The summed E-state index contributed by atoms with van der Waals surface area (Å²) in [6, 6.07) is 13.2. The number of aromatic nitrogens is 2. The Morgan fingerprint density at radius 2 is 1.86 bits per heavy atom. The molecule has 102 valence electrons. The van der Waals surface area contributed by atoms with Gasteiger partial charge in [0.1, 0.15) is 5.65 Å². The number of pyridine rings is 1. The lowest BCUT2D eigenvalue weighted by molar-refractivity contribution is 1.09. The molecule has 2 aromatic heterocycles. The van der Waals surface area contributed by atoms with Gasteiger partial charge < -0.3 is 0 Å². The molecule has 0 fully saturated rings. The van der Waals surface area contributed by atoms with Crippen molar-refractivity contribution in [3.63, 3.8) is 0 Å². The Kier molecular flexibility index (Phi) is 2.11. The van der Waals surface area contributed by atoms with Crippen LogP contribution >= 0.6 is 11.8 Å². The van der Waals surface area contributed by atoms with Crippen LogP contribution in [0, 0.1) is 13.8 Å². The summed E-state index contributed by atoms with van der Waals surface area (Å²) in [5.74, 6) is 1.01. The first-order chi connectivity index (χ1) is 10.3. The second-order valence-electron chi connectivity index (χ2n) is 5.74. The zero-order valence-corrected chi connectivity index (χ0v) is 12.8. The Morgan fingerprint density at radius 3 is 2.71 bits per heavy atom. The van der Waals surface area contributed by atoms with Crippen LogP contribution in [0.15, 0.2) is 41.3 Å². The third-order valence-corrected chi connectivity index (χ3v) is 5.61. The van der Waals surface area contributed by atoms with Gasteiger partial charge >= 0.3 is 0 Å². The van der Waals surface area contributed by atoms with Gasteiger partial charge in [-0.05, 0) is 30.9 Å². The van der Waals surface area contributed by atoms with E-state index < -0.39 is 0 Å². The van der Waals surface area contributed by atoms with Crippen LogP contribution in [0.1, 0.15) is 17.0 Å². The molecular formula is C18H14N2S. The molecule has 0 saturated heterocycles. The van der Waals surface area contributed by atoms with Gasteiger partial charge in [-0.1, -0.05) is 30.3 Å². The molecule has 0 saturated carbocycles. The minimum Gasteiger partial charge on any atom is -0.294 e. The SMILES string of the molecule is Cc1nc2c3ccccc3c3c(C)ccc4c3n2c1CS4. The Bertz CT molecular complexity index is 1060. The highest BCUT2D eigenvalue weighted by Gasteiger charge is 2.22. The molecule has 0 bridgehead atoms. The van der Waals surface area contributed by atoms with E-state index in [4.69, 9.17) is 4.98 Å². The fraction of sp³-hybridized carbons (Fsp3) is 0.167. The molecule has 0 unspecified atom stereocenters. The molecule has 0 atom stereocenters. The van der Waals surface area contributed by atoms with Crippen molar-refractivity contribution in [2.24, 2.45) is 0 Å². The van der Waals surface area contributed by atoms with Gasteiger partial charge in [0.25, 0.3) is 0 Å². The van der Waals surface area contributed by atoms with E-state index in [1.165, 1.54) is 37.8 Å². The van der Waals surface area contributed by atoms with Gasteiger partial charge in [-0.25, -0.2) is 4.98 Å². The summed E-state index contributed by atoms with van der Waals surface area (Å²) >= 11 is 1.93. The smallest absolute Gasteiger partial charge is 0.145 e. The quantitative estimate of drug-likeness (QED) is 0.430. The first-order valence-electron chi connectivity index (χ1n) is 7.20. The molecule has 1 aliphatic rings. The summed E-state index contributed by atoms with van der Waals surface area (Å²) in [5.41, 5.74) is 6.30. The van der Waals surface area contributed by atoms with E-state index in [2.05, 4.69) is 54.6 Å². The minimum absolute atomic E-state index is 1.01. The fourth-order valence-corrected chi connectivity index (χ4v) is 4.67. The number of fused-ring (bicyclic) bond motifs is 3. The molecule has 1 aliphatic heterocycles. The molecule has 2 aromatic carbocycles. The Hall–Kier alpha value is -2.00. The van der Waals surface area contributed by atoms with Crippen molar-refractivity contribution < 1.29 is 0 Å². The van der Waals surface area contributed by atoms with Gasteiger partial charge in [-0.15, -0.1) is 11.8 Å². The second-order valence-corrected chi connectivity index (χ2v) is 6.76. The summed E-state index contributed by atoms with van der Waals surface area (Å²) in [6.45, 7) is 4.34. The molecule has 0 radical (unpaired) electrons. The van der Waals surface area contributed by atoms with Crippen LogP contribution in [0.25, 0.3) is 27.3 Å². The second kappa shape index (κ2) is 3.80. The Balaban J connectivity index is 2.27. The number of benzene rings is 2. The van der Waals surface area contributed by atoms with Crippen molar-refractivity contribution >= 4 is 39.1 Å². The van der Waals surface area contributed by atoms with Crippen LogP contribution in [0.4, 0.5) is 0 Å². The molecule has 0 spiro atoms. The number of thioether (sulfide) groups is 1. The van der Waals surface area contributed by atoms with Crippen LogP contribution in [0.5, 0.6) is 0 Å². The van der Waals surface area contributed by atoms with Crippen LogP contribution in [0.3, 0.4) is 0 Å².